The monoisotopic (exact) mass is 474 g/mol. The Morgan fingerprint density at radius 3 is 2.54 bits per heavy atom. The highest BCUT2D eigenvalue weighted by molar-refractivity contribution is 5.94. The van der Waals surface area contributed by atoms with Crippen LogP contribution in [-0.4, -0.2) is 29.4 Å². The van der Waals surface area contributed by atoms with E-state index in [2.05, 4.69) is 5.32 Å². The summed E-state index contributed by atoms with van der Waals surface area (Å²) < 4.78 is 20.3. The van der Waals surface area contributed by atoms with Crippen molar-refractivity contribution >= 4 is 17.5 Å². The average Bonchev–Trinajstić information content (AvgIpc) is 2.87. The van der Waals surface area contributed by atoms with Crippen LogP contribution >= 0.6 is 0 Å². The third kappa shape index (κ3) is 5.53. The fourth-order valence-electron chi connectivity index (χ4n) is 4.52. The Hall–Kier alpha value is -3.67. The predicted octanol–water partition coefficient (Wildman–Crippen LogP) is 5.81. The largest absolute Gasteiger partial charge is 0.481 e. The van der Waals surface area contributed by atoms with Crippen LogP contribution in [-0.2, 0) is 16.0 Å². The highest BCUT2D eigenvalue weighted by Crippen LogP contribution is 2.38. The normalized spacial score (nSPS) is 15.8. The molecule has 0 spiro atoms. The molecule has 35 heavy (non-hydrogen) atoms. The summed E-state index contributed by atoms with van der Waals surface area (Å²) in [5.41, 5.74) is 4.53. The summed E-state index contributed by atoms with van der Waals surface area (Å²) in [7, 11) is 0. The van der Waals surface area contributed by atoms with Crippen molar-refractivity contribution in [3.05, 3.63) is 94.8 Å². The van der Waals surface area contributed by atoms with E-state index in [1.807, 2.05) is 74.2 Å². The molecule has 182 valence electrons. The number of carbonyl (C=O) groups excluding carboxylic acids is 2. The number of ether oxygens (including phenoxy) is 1. The smallest absolute Gasteiger partial charge is 0.265 e. The number of fused-ring (bicyclic) bond motifs is 1. The summed E-state index contributed by atoms with van der Waals surface area (Å²) in [5, 5.41) is 2.91. The molecule has 0 aromatic heterocycles. The van der Waals surface area contributed by atoms with Crippen molar-refractivity contribution in [1.82, 2.24) is 4.90 Å². The summed E-state index contributed by atoms with van der Waals surface area (Å²) in [6, 6.07) is 19.3. The van der Waals surface area contributed by atoms with Crippen LogP contribution < -0.4 is 10.1 Å². The number of anilines is 1. The molecule has 0 aliphatic carbocycles. The summed E-state index contributed by atoms with van der Waals surface area (Å²) >= 11 is 0. The number of amides is 2. The lowest BCUT2D eigenvalue weighted by atomic mass is 9.87. The molecule has 0 radical (unpaired) electrons. The number of carbonyl (C=O) groups is 2. The number of benzene rings is 3. The Morgan fingerprint density at radius 2 is 1.86 bits per heavy atom. The molecular weight excluding hydrogens is 443 g/mol. The van der Waals surface area contributed by atoms with Crippen LogP contribution in [0.5, 0.6) is 5.75 Å². The molecule has 0 saturated carbocycles. The van der Waals surface area contributed by atoms with Gasteiger partial charge in [0.15, 0.2) is 6.10 Å². The highest BCUT2D eigenvalue weighted by Gasteiger charge is 2.32. The maximum Gasteiger partial charge on any atom is 0.265 e. The first-order valence-corrected chi connectivity index (χ1v) is 12.1. The van der Waals surface area contributed by atoms with Crippen LogP contribution in [0.25, 0.3) is 0 Å². The molecule has 3 aromatic rings. The van der Waals surface area contributed by atoms with Crippen molar-refractivity contribution in [2.24, 2.45) is 0 Å². The maximum absolute atomic E-state index is 14.1. The van der Waals surface area contributed by atoms with Crippen LogP contribution in [0.15, 0.2) is 66.7 Å². The molecular formula is C29H31FN2O3. The van der Waals surface area contributed by atoms with E-state index in [0.717, 1.165) is 16.7 Å². The second-order valence-corrected chi connectivity index (χ2v) is 8.88. The van der Waals surface area contributed by atoms with Crippen LogP contribution in [0.1, 0.15) is 55.0 Å². The maximum atomic E-state index is 14.1. The molecule has 1 aliphatic rings. The van der Waals surface area contributed by atoms with Crippen LogP contribution in [0.3, 0.4) is 0 Å². The third-order valence-electron chi connectivity index (χ3n) is 6.39. The topological polar surface area (TPSA) is 58.6 Å². The van der Waals surface area contributed by atoms with Gasteiger partial charge in [0, 0.05) is 18.7 Å². The molecule has 1 N–H and O–H groups in total. The van der Waals surface area contributed by atoms with Crippen LogP contribution in [0.4, 0.5) is 10.1 Å². The van der Waals surface area contributed by atoms with Crippen LogP contribution in [0, 0.1) is 12.7 Å². The molecule has 5 nitrogen and oxygen atoms in total. The van der Waals surface area contributed by atoms with Gasteiger partial charge in [-0.15, -0.1) is 0 Å². The molecule has 3 aromatic carbocycles. The first kappa shape index (κ1) is 24.5. The lowest BCUT2D eigenvalue weighted by Crippen LogP contribution is -2.40. The molecule has 2 atom stereocenters. The number of halogens is 1. The second kappa shape index (κ2) is 10.7. The standard InChI is InChI=1S/C29H31FN2O3/c1-4-26(29(34)31-23-12-9-19(3)10-13-23)35-24-14-11-20-15-16-32(27(33)5-2)28(25(20)18-24)21-7-6-8-22(30)17-21/h6-14,17-18,26,28H,4-5,15-16H2,1-3H3,(H,31,34)/t26-,28-/m0/s1. The highest BCUT2D eigenvalue weighted by atomic mass is 19.1. The van der Waals surface area contributed by atoms with Crippen LogP contribution in [0.2, 0.25) is 0 Å². The van der Waals surface area contributed by atoms with Gasteiger partial charge >= 0.3 is 0 Å². The summed E-state index contributed by atoms with van der Waals surface area (Å²) in [6.07, 6.45) is 0.883. The number of aryl methyl sites for hydroxylation is 1. The average molecular weight is 475 g/mol. The Labute approximate surface area is 205 Å². The van der Waals surface area contributed by atoms with Crippen molar-refractivity contribution in [2.45, 2.75) is 52.2 Å². The Kier molecular flexibility index (Phi) is 7.49. The zero-order chi connectivity index (χ0) is 24.9. The molecule has 0 bridgehead atoms. The third-order valence-corrected chi connectivity index (χ3v) is 6.39. The number of nitrogens with zero attached hydrogens (tertiary/aromatic N) is 1. The van der Waals surface area contributed by atoms with E-state index in [9.17, 15) is 14.0 Å². The van der Waals surface area contributed by atoms with E-state index in [0.29, 0.717) is 42.8 Å². The molecule has 4 rings (SSSR count). The molecule has 1 heterocycles. The summed E-state index contributed by atoms with van der Waals surface area (Å²) in [5.74, 6) is -0.00899. The zero-order valence-electron chi connectivity index (χ0n) is 20.4. The first-order valence-electron chi connectivity index (χ1n) is 12.1. The van der Waals surface area contributed by atoms with Gasteiger partial charge in [-0.25, -0.2) is 4.39 Å². The van der Waals surface area contributed by atoms with Crippen molar-refractivity contribution in [3.8, 4) is 5.75 Å². The zero-order valence-corrected chi connectivity index (χ0v) is 20.4. The van der Waals surface area contributed by atoms with Gasteiger partial charge in [0.2, 0.25) is 5.91 Å². The quantitative estimate of drug-likeness (QED) is 0.470. The number of nitrogens with one attached hydrogen (secondary N) is 1. The van der Waals surface area contributed by atoms with Crippen molar-refractivity contribution < 1.29 is 18.7 Å². The molecule has 2 amide bonds. The van der Waals surface area contributed by atoms with Gasteiger partial charge in [0.1, 0.15) is 11.6 Å². The van der Waals surface area contributed by atoms with Gasteiger partial charge in [-0.2, -0.15) is 0 Å². The van der Waals surface area contributed by atoms with E-state index in [-0.39, 0.29) is 17.6 Å². The first-order chi connectivity index (χ1) is 16.9. The Balaban J connectivity index is 1.62. The van der Waals surface area contributed by atoms with Gasteiger partial charge in [0.25, 0.3) is 5.91 Å². The van der Waals surface area contributed by atoms with E-state index in [1.165, 1.54) is 12.1 Å². The van der Waals surface area contributed by atoms with E-state index < -0.39 is 12.1 Å². The minimum Gasteiger partial charge on any atom is -0.481 e. The molecule has 0 saturated heterocycles. The predicted molar refractivity (Wildman–Crippen MR) is 135 cm³/mol. The van der Waals surface area contributed by atoms with Gasteiger partial charge in [-0.1, -0.05) is 49.7 Å². The van der Waals surface area contributed by atoms with E-state index in [1.54, 1.807) is 6.07 Å². The minimum absolute atomic E-state index is 0.0140. The fourth-order valence-corrected chi connectivity index (χ4v) is 4.52. The lowest BCUT2D eigenvalue weighted by molar-refractivity contribution is -0.133. The van der Waals surface area contributed by atoms with Crippen molar-refractivity contribution in [2.75, 3.05) is 11.9 Å². The molecule has 1 aliphatic heterocycles. The van der Waals surface area contributed by atoms with Gasteiger partial charge in [-0.3, -0.25) is 9.59 Å². The van der Waals surface area contributed by atoms with Gasteiger partial charge < -0.3 is 15.0 Å². The molecule has 0 unspecified atom stereocenters. The van der Waals surface area contributed by atoms with E-state index in [4.69, 9.17) is 4.74 Å². The second-order valence-electron chi connectivity index (χ2n) is 8.88. The van der Waals surface area contributed by atoms with Gasteiger partial charge in [-0.05, 0) is 72.9 Å². The number of hydrogen-bond acceptors (Lipinski definition) is 3. The number of rotatable bonds is 7. The Morgan fingerprint density at radius 1 is 1.09 bits per heavy atom. The minimum atomic E-state index is -0.682. The van der Waals surface area contributed by atoms with Crippen molar-refractivity contribution in [1.29, 1.82) is 0 Å². The van der Waals surface area contributed by atoms with E-state index >= 15 is 0 Å². The fraction of sp³-hybridized carbons (Fsp3) is 0.310. The molecule has 6 heteroatoms. The lowest BCUT2D eigenvalue weighted by Gasteiger charge is -2.38. The number of hydrogen-bond donors (Lipinski definition) is 1. The SMILES string of the molecule is CCC(=O)N1CCc2ccc(O[C@@H](CC)C(=O)Nc3ccc(C)cc3)cc2[C@@H]1c1cccc(F)c1. The van der Waals surface area contributed by atoms with Crippen molar-refractivity contribution in [3.63, 3.8) is 0 Å². The Bertz CT molecular complexity index is 1210. The van der Waals surface area contributed by atoms with Gasteiger partial charge in [0.05, 0.1) is 6.04 Å². The molecule has 0 fully saturated rings. The summed E-state index contributed by atoms with van der Waals surface area (Å²) in [6.45, 7) is 6.29. The summed E-state index contributed by atoms with van der Waals surface area (Å²) in [4.78, 5) is 27.5.